The third-order valence-electron chi connectivity index (χ3n) is 2.32. The zero-order valence-corrected chi connectivity index (χ0v) is 10.8. The van der Waals surface area contributed by atoms with Gasteiger partial charge in [0.05, 0.1) is 5.75 Å². The van der Waals surface area contributed by atoms with E-state index >= 15 is 0 Å². The Bertz CT molecular complexity index is 431. The summed E-state index contributed by atoms with van der Waals surface area (Å²) >= 11 is 5.39. The molecule has 5 heteroatoms. The predicted molar refractivity (Wildman–Crippen MR) is 67.4 cm³/mol. The van der Waals surface area contributed by atoms with Crippen molar-refractivity contribution in [3.63, 3.8) is 0 Å². The normalized spacial score (nSPS) is 11.6. The highest BCUT2D eigenvalue weighted by molar-refractivity contribution is 7.89. The highest BCUT2D eigenvalue weighted by Crippen LogP contribution is 2.06. The SMILES string of the molecule is Cc1ccccc1CCNS(=O)(=O)CCCl. The minimum Gasteiger partial charge on any atom is -0.215 e. The summed E-state index contributed by atoms with van der Waals surface area (Å²) in [7, 11) is -3.20. The number of hydrogen-bond donors (Lipinski definition) is 1. The van der Waals surface area contributed by atoms with E-state index in [2.05, 4.69) is 4.72 Å². The molecule has 0 aromatic heterocycles. The summed E-state index contributed by atoms with van der Waals surface area (Å²) in [6.07, 6.45) is 0.703. The molecule has 0 saturated carbocycles. The number of halogens is 1. The number of nitrogens with one attached hydrogen (secondary N) is 1. The van der Waals surface area contributed by atoms with Gasteiger partial charge in [-0.1, -0.05) is 24.3 Å². The summed E-state index contributed by atoms with van der Waals surface area (Å²) in [4.78, 5) is 0. The van der Waals surface area contributed by atoms with Crippen molar-refractivity contribution in [2.24, 2.45) is 0 Å². The van der Waals surface area contributed by atoms with Gasteiger partial charge in [0.1, 0.15) is 0 Å². The van der Waals surface area contributed by atoms with Gasteiger partial charge in [0.15, 0.2) is 0 Å². The molecule has 0 amide bonds. The van der Waals surface area contributed by atoms with E-state index in [1.165, 1.54) is 5.56 Å². The smallest absolute Gasteiger partial charge is 0.212 e. The summed E-state index contributed by atoms with van der Waals surface area (Å²) < 4.78 is 25.1. The van der Waals surface area contributed by atoms with Gasteiger partial charge in [-0.15, -0.1) is 11.6 Å². The molecule has 0 spiro atoms. The molecule has 0 aliphatic carbocycles. The molecule has 0 fully saturated rings. The van der Waals surface area contributed by atoms with Crippen molar-refractivity contribution in [2.45, 2.75) is 13.3 Å². The van der Waals surface area contributed by atoms with Crippen LogP contribution in [0.2, 0.25) is 0 Å². The fraction of sp³-hybridized carbons (Fsp3) is 0.455. The number of benzene rings is 1. The summed E-state index contributed by atoms with van der Waals surface area (Å²) in [6.45, 7) is 2.44. The first-order valence-electron chi connectivity index (χ1n) is 5.13. The van der Waals surface area contributed by atoms with E-state index in [9.17, 15) is 8.42 Å². The van der Waals surface area contributed by atoms with Crippen LogP contribution in [0.3, 0.4) is 0 Å². The molecule has 0 saturated heterocycles. The minimum absolute atomic E-state index is 0.0255. The van der Waals surface area contributed by atoms with Crippen molar-refractivity contribution in [2.75, 3.05) is 18.2 Å². The molecule has 0 aliphatic heterocycles. The first kappa shape index (κ1) is 13.5. The number of alkyl halides is 1. The van der Waals surface area contributed by atoms with Crippen molar-refractivity contribution in [1.29, 1.82) is 0 Å². The van der Waals surface area contributed by atoms with Crippen molar-refractivity contribution < 1.29 is 8.42 Å². The topological polar surface area (TPSA) is 46.2 Å². The molecule has 3 nitrogen and oxygen atoms in total. The Kier molecular flexibility index (Phi) is 5.25. The molecule has 16 heavy (non-hydrogen) atoms. The van der Waals surface area contributed by atoms with Gasteiger partial charge in [-0.2, -0.15) is 0 Å². The summed E-state index contributed by atoms with van der Waals surface area (Å²) in [6, 6.07) is 7.94. The van der Waals surface area contributed by atoms with Gasteiger partial charge in [-0.3, -0.25) is 0 Å². The number of aryl methyl sites for hydroxylation is 1. The van der Waals surface area contributed by atoms with E-state index in [0.717, 1.165) is 5.56 Å². The standard InChI is InChI=1S/C11H16ClNO2S/c1-10-4-2-3-5-11(10)6-8-13-16(14,15)9-7-12/h2-5,13H,6-9H2,1H3. The van der Waals surface area contributed by atoms with E-state index in [4.69, 9.17) is 11.6 Å². The van der Waals surface area contributed by atoms with Crippen LogP contribution in [-0.4, -0.2) is 26.6 Å². The number of sulfonamides is 1. The van der Waals surface area contributed by atoms with Crippen LogP contribution in [0.5, 0.6) is 0 Å². The molecule has 0 atom stereocenters. The Labute approximate surface area is 102 Å². The lowest BCUT2D eigenvalue weighted by Crippen LogP contribution is -2.29. The quantitative estimate of drug-likeness (QED) is 0.793. The molecule has 0 unspecified atom stereocenters. The van der Waals surface area contributed by atoms with E-state index in [1.54, 1.807) is 0 Å². The minimum atomic E-state index is -3.20. The molecule has 1 aromatic rings. The second-order valence-electron chi connectivity index (χ2n) is 3.58. The maximum Gasteiger partial charge on any atom is 0.212 e. The van der Waals surface area contributed by atoms with Crippen LogP contribution in [-0.2, 0) is 16.4 Å². The number of rotatable bonds is 6. The molecule has 0 heterocycles. The highest BCUT2D eigenvalue weighted by atomic mass is 35.5. The van der Waals surface area contributed by atoms with Gasteiger partial charge in [0.2, 0.25) is 10.0 Å². The Morgan fingerprint density at radius 3 is 2.62 bits per heavy atom. The fourth-order valence-corrected chi connectivity index (χ4v) is 2.78. The molecule has 1 rings (SSSR count). The first-order valence-corrected chi connectivity index (χ1v) is 7.31. The van der Waals surface area contributed by atoms with Crippen LogP contribution in [0.4, 0.5) is 0 Å². The highest BCUT2D eigenvalue weighted by Gasteiger charge is 2.08. The van der Waals surface area contributed by atoms with Gasteiger partial charge in [0.25, 0.3) is 0 Å². The molecular weight excluding hydrogens is 246 g/mol. The Balaban J connectivity index is 2.45. The van der Waals surface area contributed by atoms with Gasteiger partial charge < -0.3 is 0 Å². The lowest BCUT2D eigenvalue weighted by Gasteiger charge is -2.07. The van der Waals surface area contributed by atoms with Crippen LogP contribution >= 0.6 is 11.6 Å². The Hall–Kier alpha value is -0.580. The zero-order valence-electron chi connectivity index (χ0n) is 9.24. The van der Waals surface area contributed by atoms with Crippen LogP contribution in [0.1, 0.15) is 11.1 Å². The predicted octanol–water partition coefficient (Wildman–Crippen LogP) is 1.70. The largest absolute Gasteiger partial charge is 0.215 e. The monoisotopic (exact) mass is 261 g/mol. The third kappa shape index (κ3) is 4.51. The van der Waals surface area contributed by atoms with Crippen LogP contribution in [0.15, 0.2) is 24.3 Å². The Morgan fingerprint density at radius 1 is 1.31 bits per heavy atom. The summed E-state index contributed by atoms with van der Waals surface area (Å²) in [5.74, 6) is 0.0992. The van der Waals surface area contributed by atoms with Gasteiger partial charge in [0, 0.05) is 12.4 Å². The average Bonchev–Trinajstić information content (AvgIpc) is 2.20. The summed E-state index contributed by atoms with van der Waals surface area (Å²) in [5, 5.41) is 0. The second kappa shape index (κ2) is 6.23. The van der Waals surface area contributed by atoms with Gasteiger partial charge >= 0.3 is 0 Å². The molecule has 1 aromatic carbocycles. The van der Waals surface area contributed by atoms with E-state index in [0.29, 0.717) is 13.0 Å². The second-order valence-corrected chi connectivity index (χ2v) is 5.88. The van der Waals surface area contributed by atoms with Crippen molar-refractivity contribution in [1.82, 2.24) is 4.72 Å². The maximum absolute atomic E-state index is 11.3. The Morgan fingerprint density at radius 2 is 2.00 bits per heavy atom. The summed E-state index contributed by atoms with van der Waals surface area (Å²) in [5.41, 5.74) is 2.34. The number of hydrogen-bond acceptors (Lipinski definition) is 2. The third-order valence-corrected chi connectivity index (χ3v) is 4.12. The van der Waals surface area contributed by atoms with E-state index in [-0.39, 0.29) is 11.6 Å². The maximum atomic E-state index is 11.3. The molecule has 0 radical (unpaired) electrons. The van der Waals surface area contributed by atoms with Gasteiger partial charge in [-0.25, -0.2) is 13.1 Å². The van der Waals surface area contributed by atoms with E-state index in [1.807, 2.05) is 31.2 Å². The first-order chi connectivity index (χ1) is 7.55. The molecule has 90 valence electrons. The lowest BCUT2D eigenvalue weighted by atomic mass is 10.1. The van der Waals surface area contributed by atoms with Crippen molar-refractivity contribution in [3.8, 4) is 0 Å². The van der Waals surface area contributed by atoms with Gasteiger partial charge in [-0.05, 0) is 24.5 Å². The van der Waals surface area contributed by atoms with Crippen LogP contribution in [0, 0.1) is 6.92 Å². The molecule has 1 N–H and O–H groups in total. The fourth-order valence-electron chi connectivity index (χ4n) is 1.41. The van der Waals surface area contributed by atoms with Crippen LogP contribution < -0.4 is 4.72 Å². The van der Waals surface area contributed by atoms with Crippen molar-refractivity contribution >= 4 is 21.6 Å². The van der Waals surface area contributed by atoms with E-state index < -0.39 is 10.0 Å². The average molecular weight is 262 g/mol. The van der Waals surface area contributed by atoms with Crippen LogP contribution in [0.25, 0.3) is 0 Å². The van der Waals surface area contributed by atoms with Crippen molar-refractivity contribution in [3.05, 3.63) is 35.4 Å². The lowest BCUT2D eigenvalue weighted by molar-refractivity contribution is 0.583. The molecule has 0 aliphatic rings. The molecular formula is C11H16ClNO2S. The molecule has 0 bridgehead atoms. The zero-order chi connectivity index (χ0) is 12.0.